The van der Waals surface area contributed by atoms with Gasteiger partial charge in [0, 0.05) is 5.75 Å². The Bertz CT molecular complexity index is 693. The van der Waals surface area contributed by atoms with Crippen molar-refractivity contribution in [1.82, 2.24) is 0 Å². The van der Waals surface area contributed by atoms with Gasteiger partial charge < -0.3 is 10.2 Å². The average Bonchev–Trinajstić information content (AvgIpc) is 2.56. The molecule has 4 nitrogen and oxygen atoms in total. The van der Waals surface area contributed by atoms with Crippen molar-refractivity contribution in [2.75, 3.05) is 12.4 Å². The van der Waals surface area contributed by atoms with Crippen LogP contribution in [-0.4, -0.2) is 36.2 Å². The van der Waals surface area contributed by atoms with Crippen LogP contribution in [0.3, 0.4) is 0 Å². The van der Waals surface area contributed by atoms with E-state index in [1.165, 1.54) is 6.92 Å². The summed E-state index contributed by atoms with van der Waals surface area (Å²) in [4.78, 5) is 0. The lowest BCUT2D eigenvalue weighted by atomic mass is 10.0. The molecule has 5 heteroatoms. The summed E-state index contributed by atoms with van der Waals surface area (Å²) in [5.74, 6) is -0.114. The Hall–Kier alpha value is -1.69. The number of sulfone groups is 1. The van der Waals surface area contributed by atoms with Crippen LogP contribution in [0.5, 0.6) is 0 Å². The molecule has 0 aromatic heterocycles. The van der Waals surface area contributed by atoms with E-state index in [9.17, 15) is 18.6 Å². The third-order valence-corrected chi connectivity index (χ3v) is 5.89. The Morgan fingerprint density at radius 3 is 2.00 bits per heavy atom. The van der Waals surface area contributed by atoms with Crippen LogP contribution in [-0.2, 0) is 9.84 Å². The fourth-order valence-corrected chi connectivity index (χ4v) is 3.55. The molecule has 0 aliphatic rings. The van der Waals surface area contributed by atoms with Crippen LogP contribution in [0.25, 0.3) is 11.1 Å². The highest BCUT2D eigenvalue weighted by atomic mass is 32.2. The summed E-state index contributed by atoms with van der Waals surface area (Å²) in [6.07, 6.45) is -1.24. The first-order chi connectivity index (χ1) is 10.5. The predicted octanol–water partition coefficient (Wildman–Crippen LogP) is 2.18. The second-order valence-electron chi connectivity index (χ2n) is 5.11. The summed E-state index contributed by atoms with van der Waals surface area (Å²) in [6.45, 7) is 0.904. The first-order valence-corrected chi connectivity index (χ1v) is 8.87. The molecule has 0 heterocycles. The number of rotatable bonds is 6. The van der Waals surface area contributed by atoms with E-state index in [0.717, 1.165) is 11.1 Å². The monoisotopic (exact) mass is 320 g/mol. The van der Waals surface area contributed by atoms with Crippen molar-refractivity contribution >= 4 is 9.84 Å². The average molecular weight is 320 g/mol. The van der Waals surface area contributed by atoms with Crippen LogP contribution >= 0.6 is 0 Å². The highest BCUT2D eigenvalue weighted by Gasteiger charge is 2.31. The van der Waals surface area contributed by atoms with E-state index in [-0.39, 0.29) is 5.75 Å². The minimum absolute atomic E-state index is 0.114. The Kier molecular flexibility index (Phi) is 5.34. The highest BCUT2D eigenvalue weighted by Crippen LogP contribution is 2.26. The smallest absolute Gasteiger partial charge is 0.158 e. The van der Waals surface area contributed by atoms with Crippen molar-refractivity contribution in [2.45, 2.75) is 18.3 Å². The predicted molar refractivity (Wildman–Crippen MR) is 87.2 cm³/mol. The van der Waals surface area contributed by atoms with Gasteiger partial charge in [-0.05, 0) is 16.7 Å². The lowest BCUT2D eigenvalue weighted by molar-refractivity contribution is 0.138. The van der Waals surface area contributed by atoms with Crippen molar-refractivity contribution in [3.05, 3.63) is 60.2 Å². The van der Waals surface area contributed by atoms with Gasteiger partial charge in [-0.3, -0.25) is 0 Å². The van der Waals surface area contributed by atoms with Gasteiger partial charge in [0.15, 0.2) is 9.84 Å². The Labute approximate surface area is 131 Å². The summed E-state index contributed by atoms with van der Waals surface area (Å²) < 4.78 is 23.8. The van der Waals surface area contributed by atoms with Gasteiger partial charge in [-0.15, -0.1) is 0 Å². The molecule has 2 aromatic rings. The molecule has 0 aliphatic heterocycles. The second-order valence-corrected chi connectivity index (χ2v) is 7.61. The van der Waals surface area contributed by atoms with Crippen molar-refractivity contribution in [3.63, 3.8) is 0 Å². The first-order valence-electron chi connectivity index (χ1n) is 7.15. The normalized spacial score (nSPS) is 14.5. The highest BCUT2D eigenvalue weighted by molar-refractivity contribution is 7.92. The van der Waals surface area contributed by atoms with E-state index in [0.29, 0.717) is 5.56 Å². The molecule has 118 valence electrons. The van der Waals surface area contributed by atoms with Gasteiger partial charge in [0.1, 0.15) is 5.25 Å². The molecule has 2 atom stereocenters. The fraction of sp³-hybridized carbons (Fsp3) is 0.294. The number of hydrogen-bond acceptors (Lipinski definition) is 4. The van der Waals surface area contributed by atoms with E-state index in [1.807, 2.05) is 42.5 Å². The van der Waals surface area contributed by atoms with Crippen molar-refractivity contribution in [1.29, 1.82) is 0 Å². The molecule has 2 aromatic carbocycles. The third kappa shape index (κ3) is 3.55. The Morgan fingerprint density at radius 2 is 1.50 bits per heavy atom. The molecule has 2 N–H and O–H groups in total. The molecular formula is C17H20O4S. The van der Waals surface area contributed by atoms with Crippen LogP contribution in [0.2, 0.25) is 0 Å². The fourth-order valence-electron chi connectivity index (χ4n) is 2.34. The van der Waals surface area contributed by atoms with Gasteiger partial charge in [0.2, 0.25) is 0 Å². The zero-order chi connectivity index (χ0) is 16.2. The van der Waals surface area contributed by atoms with E-state index >= 15 is 0 Å². The summed E-state index contributed by atoms with van der Waals surface area (Å²) in [6, 6.07) is 16.8. The Balaban J connectivity index is 2.26. The third-order valence-electron chi connectivity index (χ3n) is 3.76. The molecule has 0 fully saturated rings. The summed E-state index contributed by atoms with van der Waals surface area (Å²) >= 11 is 0. The SMILES string of the molecule is CCS(=O)(=O)C(CO)C(O)c1ccc(-c2ccccc2)cc1. The summed E-state index contributed by atoms with van der Waals surface area (Å²) in [5.41, 5.74) is 2.51. The van der Waals surface area contributed by atoms with Crippen LogP contribution in [0, 0.1) is 0 Å². The number of aliphatic hydroxyl groups is 2. The molecule has 0 saturated carbocycles. The largest absolute Gasteiger partial charge is 0.395 e. The molecule has 2 unspecified atom stereocenters. The van der Waals surface area contributed by atoms with Crippen LogP contribution < -0.4 is 0 Å². The van der Waals surface area contributed by atoms with Crippen molar-refractivity contribution in [2.24, 2.45) is 0 Å². The van der Waals surface area contributed by atoms with E-state index in [4.69, 9.17) is 0 Å². The number of hydrogen-bond donors (Lipinski definition) is 2. The second kappa shape index (κ2) is 7.05. The maximum atomic E-state index is 11.9. The van der Waals surface area contributed by atoms with Crippen LogP contribution in [0.1, 0.15) is 18.6 Å². The van der Waals surface area contributed by atoms with Gasteiger partial charge in [-0.25, -0.2) is 8.42 Å². The maximum Gasteiger partial charge on any atom is 0.158 e. The number of aliphatic hydroxyl groups excluding tert-OH is 2. The van der Waals surface area contributed by atoms with Gasteiger partial charge in [-0.2, -0.15) is 0 Å². The molecule has 2 rings (SSSR count). The minimum atomic E-state index is -3.52. The molecular weight excluding hydrogens is 300 g/mol. The summed E-state index contributed by atoms with van der Waals surface area (Å²) in [5, 5.41) is 18.4. The maximum absolute atomic E-state index is 11.9. The van der Waals surface area contributed by atoms with Gasteiger partial charge >= 0.3 is 0 Å². The van der Waals surface area contributed by atoms with Gasteiger partial charge in [0.25, 0.3) is 0 Å². The van der Waals surface area contributed by atoms with Crippen LogP contribution in [0.4, 0.5) is 0 Å². The van der Waals surface area contributed by atoms with E-state index in [1.54, 1.807) is 12.1 Å². The molecule has 0 bridgehead atoms. The van der Waals surface area contributed by atoms with E-state index < -0.39 is 27.8 Å². The number of benzene rings is 2. The molecule has 0 radical (unpaired) electrons. The van der Waals surface area contributed by atoms with E-state index in [2.05, 4.69) is 0 Å². The standard InChI is InChI=1S/C17H20O4S/c1-2-22(20,21)16(12-18)17(19)15-10-8-14(9-11-15)13-6-4-3-5-7-13/h3-11,16-19H,2,12H2,1H3. The van der Waals surface area contributed by atoms with Gasteiger partial charge in [0.05, 0.1) is 12.7 Å². The molecule has 0 amide bonds. The quantitative estimate of drug-likeness (QED) is 0.855. The zero-order valence-electron chi connectivity index (χ0n) is 12.4. The van der Waals surface area contributed by atoms with Gasteiger partial charge in [-0.1, -0.05) is 61.5 Å². The summed E-state index contributed by atoms with van der Waals surface area (Å²) in [7, 11) is -3.52. The van der Waals surface area contributed by atoms with Crippen molar-refractivity contribution in [3.8, 4) is 11.1 Å². The lowest BCUT2D eigenvalue weighted by Gasteiger charge is -2.21. The Morgan fingerprint density at radius 1 is 0.955 bits per heavy atom. The van der Waals surface area contributed by atoms with Crippen LogP contribution in [0.15, 0.2) is 54.6 Å². The molecule has 0 saturated heterocycles. The molecule has 0 spiro atoms. The topological polar surface area (TPSA) is 74.6 Å². The zero-order valence-corrected chi connectivity index (χ0v) is 13.2. The lowest BCUT2D eigenvalue weighted by Crippen LogP contribution is -2.33. The molecule has 22 heavy (non-hydrogen) atoms. The first kappa shape index (κ1) is 16.7. The minimum Gasteiger partial charge on any atom is -0.395 e. The molecule has 0 aliphatic carbocycles. The van der Waals surface area contributed by atoms with Crippen molar-refractivity contribution < 1.29 is 18.6 Å².